The van der Waals surface area contributed by atoms with Gasteiger partial charge in [-0.1, -0.05) is 43.7 Å². The van der Waals surface area contributed by atoms with Crippen LogP contribution < -0.4 is 5.32 Å². The van der Waals surface area contributed by atoms with Crippen LogP contribution >= 0.6 is 0 Å². The van der Waals surface area contributed by atoms with E-state index in [1.807, 2.05) is 31.2 Å². The average molecular weight is 282 g/mol. The second-order valence-electron chi connectivity index (χ2n) is 5.31. The molecule has 0 aliphatic rings. The van der Waals surface area contributed by atoms with Gasteiger partial charge in [0.2, 0.25) is 5.91 Å². The van der Waals surface area contributed by atoms with Gasteiger partial charge < -0.3 is 5.32 Å². The molecule has 2 rings (SSSR count). The molecule has 1 N–H and O–H groups in total. The third kappa shape index (κ3) is 5.03. The van der Waals surface area contributed by atoms with E-state index in [0.717, 1.165) is 17.7 Å². The fourth-order valence-corrected chi connectivity index (χ4v) is 2.19. The summed E-state index contributed by atoms with van der Waals surface area (Å²) in [6, 6.07) is 13.9. The van der Waals surface area contributed by atoms with Gasteiger partial charge in [0.1, 0.15) is 5.82 Å². The SMILES string of the molecule is CCCCc1ccc(CC(=O)Nc2cccc(C)n2)cc1. The molecule has 110 valence electrons. The lowest BCUT2D eigenvalue weighted by Gasteiger charge is -2.06. The Bertz CT molecular complexity index is 590. The van der Waals surface area contributed by atoms with Gasteiger partial charge in [0, 0.05) is 5.69 Å². The first kappa shape index (κ1) is 15.2. The molecule has 0 saturated carbocycles. The first-order valence-electron chi connectivity index (χ1n) is 7.48. The largest absolute Gasteiger partial charge is 0.310 e. The van der Waals surface area contributed by atoms with Gasteiger partial charge in [-0.2, -0.15) is 0 Å². The number of carbonyl (C=O) groups is 1. The Hall–Kier alpha value is -2.16. The van der Waals surface area contributed by atoms with Gasteiger partial charge in [-0.05, 0) is 43.0 Å². The van der Waals surface area contributed by atoms with Gasteiger partial charge in [-0.3, -0.25) is 4.79 Å². The summed E-state index contributed by atoms with van der Waals surface area (Å²) < 4.78 is 0. The monoisotopic (exact) mass is 282 g/mol. The van der Waals surface area contributed by atoms with Crippen molar-refractivity contribution in [2.24, 2.45) is 0 Å². The van der Waals surface area contributed by atoms with Crippen LogP contribution in [0.15, 0.2) is 42.5 Å². The normalized spacial score (nSPS) is 10.4. The maximum absolute atomic E-state index is 12.0. The second kappa shape index (κ2) is 7.58. The summed E-state index contributed by atoms with van der Waals surface area (Å²) in [7, 11) is 0. The Morgan fingerprint density at radius 3 is 2.48 bits per heavy atom. The van der Waals surface area contributed by atoms with Crippen molar-refractivity contribution in [2.75, 3.05) is 5.32 Å². The van der Waals surface area contributed by atoms with Crippen molar-refractivity contribution in [3.8, 4) is 0 Å². The molecule has 0 bridgehead atoms. The highest BCUT2D eigenvalue weighted by Crippen LogP contribution is 2.10. The standard InChI is InChI=1S/C18H22N2O/c1-3-4-7-15-9-11-16(12-10-15)13-18(21)20-17-8-5-6-14(2)19-17/h5-6,8-12H,3-4,7,13H2,1-2H3,(H,19,20,21). The van der Waals surface area contributed by atoms with Crippen molar-refractivity contribution in [2.45, 2.75) is 39.5 Å². The summed E-state index contributed by atoms with van der Waals surface area (Å²) in [5.74, 6) is 0.578. The zero-order valence-electron chi connectivity index (χ0n) is 12.7. The van der Waals surface area contributed by atoms with Crippen molar-refractivity contribution in [3.05, 3.63) is 59.3 Å². The van der Waals surface area contributed by atoms with E-state index >= 15 is 0 Å². The fourth-order valence-electron chi connectivity index (χ4n) is 2.19. The van der Waals surface area contributed by atoms with Crippen LogP contribution in [0.2, 0.25) is 0 Å². The number of hydrogen-bond acceptors (Lipinski definition) is 2. The van der Waals surface area contributed by atoms with Crippen LogP contribution in [0, 0.1) is 6.92 Å². The number of carbonyl (C=O) groups excluding carboxylic acids is 1. The van der Waals surface area contributed by atoms with E-state index in [1.54, 1.807) is 6.07 Å². The number of rotatable bonds is 6. The molecule has 0 aliphatic carbocycles. The number of unbranched alkanes of at least 4 members (excludes halogenated alkanes) is 1. The molecule has 3 heteroatoms. The number of amides is 1. The Kier molecular flexibility index (Phi) is 5.50. The lowest BCUT2D eigenvalue weighted by molar-refractivity contribution is -0.115. The van der Waals surface area contributed by atoms with Gasteiger partial charge in [-0.15, -0.1) is 0 Å². The summed E-state index contributed by atoms with van der Waals surface area (Å²) in [5, 5.41) is 2.83. The van der Waals surface area contributed by atoms with Gasteiger partial charge in [0.25, 0.3) is 0 Å². The summed E-state index contributed by atoms with van der Waals surface area (Å²) in [5.41, 5.74) is 3.26. The first-order valence-corrected chi connectivity index (χ1v) is 7.48. The number of nitrogens with zero attached hydrogens (tertiary/aromatic N) is 1. The minimum Gasteiger partial charge on any atom is -0.310 e. The Morgan fingerprint density at radius 2 is 1.81 bits per heavy atom. The van der Waals surface area contributed by atoms with Crippen LogP contribution in [0.1, 0.15) is 36.6 Å². The van der Waals surface area contributed by atoms with Crippen LogP contribution in [0.3, 0.4) is 0 Å². The molecule has 1 aromatic carbocycles. The smallest absolute Gasteiger partial charge is 0.229 e. The molecular weight excluding hydrogens is 260 g/mol. The quantitative estimate of drug-likeness (QED) is 0.872. The summed E-state index contributed by atoms with van der Waals surface area (Å²) in [4.78, 5) is 16.3. The number of aromatic nitrogens is 1. The van der Waals surface area contributed by atoms with E-state index in [-0.39, 0.29) is 5.91 Å². The molecule has 0 atom stereocenters. The van der Waals surface area contributed by atoms with Gasteiger partial charge in [0.15, 0.2) is 0 Å². The van der Waals surface area contributed by atoms with E-state index in [2.05, 4.69) is 29.4 Å². The van der Waals surface area contributed by atoms with E-state index in [1.165, 1.54) is 18.4 Å². The highest BCUT2D eigenvalue weighted by Gasteiger charge is 2.05. The number of hydrogen-bond donors (Lipinski definition) is 1. The molecular formula is C18H22N2O. The number of aryl methyl sites for hydroxylation is 2. The molecule has 0 saturated heterocycles. The summed E-state index contributed by atoms with van der Waals surface area (Å²) in [6.07, 6.45) is 3.90. The Labute approximate surface area is 126 Å². The number of anilines is 1. The van der Waals surface area contributed by atoms with E-state index in [0.29, 0.717) is 12.2 Å². The summed E-state index contributed by atoms with van der Waals surface area (Å²) in [6.45, 7) is 4.10. The van der Waals surface area contributed by atoms with Crippen LogP contribution in [-0.2, 0) is 17.6 Å². The molecule has 1 amide bonds. The Balaban J connectivity index is 1.90. The minimum absolute atomic E-state index is 0.0330. The van der Waals surface area contributed by atoms with Gasteiger partial charge in [0.05, 0.1) is 6.42 Å². The van der Waals surface area contributed by atoms with Gasteiger partial charge >= 0.3 is 0 Å². The molecule has 0 unspecified atom stereocenters. The zero-order chi connectivity index (χ0) is 15.1. The highest BCUT2D eigenvalue weighted by molar-refractivity contribution is 5.91. The van der Waals surface area contributed by atoms with E-state index in [4.69, 9.17) is 0 Å². The number of pyridine rings is 1. The lowest BCUT2D eigenvalue weighted by atomic mass is 10.0. The fraction of sp³-hybridized carbons (Fsp3) is 0.333. The average Bonchev–Trinajstić information content (AvgIpc) is 2.46. The molecule has 0 fully saturated rings. The Morgan fingerprint density at radius 1 is 1.10 bits per heavy atom. The van der Waals surface area contributed by atoms with E-state index in [9.17, 15) is 4.79 Å². The maximum atomic E-state index is 12.0. The van der Waals surface area contributed by atoms with Crippen molar-refractivity contribution in [1.82, 2.24) is 4.98 Å². The summed E-state index contributed by atoms with van der Waals surface area (Å²) >= 11 is 0. The predicted octanol–water partition coefficient (Wildman–Crippen LogP) is 3.91. The number of nitrogens with one attached hydrogen (secondary N) is 1. The molecule has 1 heterocycles. The first-order chi connectivity index (χ1) is 10.2. The third-order valence-electron chi connectivity index (χ3n) is 3.36. The van der Waals surface area contributed by atoms with Crippen LogP contribution in [0.5, 0.6) is 0 Å². The van der Waals surface area contributed by atoms with Crippen LogP contribution in [0.25, 0.3) is 0 Å². The molecule has 2 aromatic rings. The van der Waals surface area contributed by atoms with E-state index < -0.39 is 0 Å². The van der Waals surface area contributed by atoms with Crippen LogP contribution in [0.4, 0.5) is 5.82 Å². The predicted molar refractivity (Wildman–Crippen MR) is 86.4 cm³/mol. The van der Waals surface area contributed by atoms with Crippen molar-refractivity contribution in [3.63, 3.8) is 0 Å². The minimum atomic E-state index is -0.0330. The van der Waals surface area contributed by atoms with Crippen LogP contribution in [-0.4, -0.2) is 10.9 Å². The lowest BCUT2D eigenvalue weighted by Crippen LogP contribution is -2.15. The van der Waals surface area contributed by atoms with Crippen molar-refractivity contribution in [1.29, 1.82) is 0 Å². The van der Waals surface area contributed by atoms with Gasteiger partial charge in [-0.25, -0.2) is 4.98 Å². The molecule has 21 heavy (non-hydrogen) atoms. The number of benzene rings is 1. The molecule has 0 spiro atoms. The molecule has 0 radical (unpaired) electrons. The highest BCUT2D eigenvalue weighted by atomic mass is 16.1. The molecule has 1 aromatic heterocycles. The maximum Gasteiger partial charge on any atom is 0.229 e. The van der Waals surface area contributed by atoms with Crippen molar-refractivity contribution < 1.29 is 4.79 Å². The molecule has 0 aliphatic heterocycles. The second-order valence-corrected chi connectivity index (χ2v) is 5.31. The third-order valence-corrected chi connectivity index (χ3v) is 3.36. The molecule has 3 nitrogen and oxygen atoms in total. The topological polar surface area (TPSA) is 42.0 Å². The van der Waals surface area contributed by atoms with Crippen molar-refractivity contribution >= 4 is 11.7 Å². The zero-order valence-corrected chi connectivity index (χ0v) is 12.7.